The van der Waals surface area contributed by atoms with Crippen LogP contribution >= 0.6 is 0 Å². The Balaban J connectivity index is 2.86. The second-order valence-corrected chi connectivity index (χ2v) is 2.86. The lowest BCUT2D eigenvalue weighted by atomic mass is 10.2. The van der Waals surface area contributed by atoms with E-state index in [2.05, 4.69) is 0 Å². The van der Waals surface area contributed by atoms with Gasteiger partial charge in [-0.15, -0.1) is 0 Å². The first-order chi connectivity index (χ1) is 6.22. The number of aryl methyl sites for hydroxylation is 1. The van der Waals surface area contributed by atoms with Crippen LogP contribution in [0.1, 0.15) is 11.3 Å². The third kappa shape index (κ3) is 1.07. The van der Waals surface area contributed by atoms with E-state index < -0.39 is 5.82 Å². The largest absolute Gasteiger partial charge is 0.442 e. The van der Waals surface area contributed by atoms with Gasteiger partial charge in [0.2, 0.25) is 5.76 Å². The van der Waals surface area contributed by atoms with Gasteiger partial charge in [0.1, 0.15) is 11.7 Å². The van der Waals surface area contributed by atoms with E-state index in [-0.39, 0.29) is 5.76 Å². The maximum absolute atomic E-state index is 13.2. The molecule has 0 fully saturated rings. The van der Waals surface area contributed by atoms with Crippen LogP contribution in [0.25, 0.3) is 11.0 Å². The predicted octanol–water partition coefficient (Wildman–Crippen LogP) is 2.75. The van der Waals surface area contributed by atoms with E-state index in [1.54, 1.807) is 24.3 Å². The van der Waals surface area contributed by atoms with Crippen LogP contribution in [-0.2, 0) is 0 Å². The van der Waals surface area contributed by atoms with Crippen LogP contribution in [0.5, 0.6) is 0 Å². The van der Waals surface area contributed by atoms with Crippen molar-refractivity contribution in [2.45, 2.75) is 6.92 Å². The Labute approximate surface area is 74.2 Å². The maximum atomic E-state index is 13.2. The summed E-state index contributed by atoms with van der Waals surface area (Å²) < 4.78 is 18.2. The predicted molar refractivity (Wildman–Crippen MR) is 45.6 cm³/mol. The number of rotatable bonds is 0. The van der Waals surface area contributed by atoms with Crippen molar-refractivity contribution >= 4 is 11.0 Å². The van der Waals surface area contributed by atoms with Crippen molar-refractivity contribution in [3.8, 4) is 6.07 Å². The number of benzene rings is 1. The van der Waals surface area contributed by atoms with Crippen LogP contribution < -0.4 is 0 Å². The molecule has 64 valence electrons. The average Bonchev–Trinajstić information content (AvgIpc) is 2.42. The molecule has 0 unspecified atom stereocenters. The first-order valence-corrected chi connectivity index (χ1v) is 3.81. The maximum Gasteiger partial charge on any atom is 0.240 e. The molecule has 0 aliphatic heterocycles. The van der Waals surface area contributed by atoms with Gasteiger partial charge in [-0.05, 0) is 24.6 Å². The van der Waals surface area contributed by atoms with E-state index >= 15 is 0 Å². The second-order valence-electron chi connectivity index (χ2n) is 2.86. The van der Waals surface area contributed by atoms with Gasteiger partial charge in [0.05, 0.1) is 5.39 Å². The van der Waals surface area contributed by atoms with Gasteiger partial charge in [0, 0.05) is 0 Å². The lowest BCUT2D eigenvalue weighted by Crippen LogP contribution is -1.74. The summed E-state index contributed by atoms with van der Waals surface area (Å²) in [6.45, 7) is 1.88. The molecule has 2 rings (SSSR count). The Morgan fingerprint density at radius 3 is 2.92 bits per heavy atom. The van der Waals surface area contributed by atoms with E-state index in [9.17, 15) is 4.39 Å². The number of nitriles is 1. The zero-order valence-corrected chi connectivity index (χ0v) is 6.97. The third-order valence-electron chi connectivity index (χ3n) is 1.89. The van der Waals surface area contributed by atoms with Crippen molar-refractivity contribution in [2.75, 3.05) is 0 Å². The van der Waals surface area contributed by atoms with E-state index in [1.807, 2.05) is 6.92 Å². The summed E-state index contributed by atoms with van der Waals surface area (Å²) in [5.74, 6) is -0.821. The van der Waals surface area contributed by atoms with Crippen molar-refractivity contribution in [2.24, 2.45) is 0 Å². The highest BCUT2D eigenvalue weighted by atomic mass is 19.1. The summed E-state index contributed by atoms with van der Waals surface area (Å²) in [7, 11) is 0. The van der Waals surface area contributed by atoms with Gasteiger partial charge >= 0.3 is 0 Å². The third-order valence-corrected chi connectivity index (χ3v) is 1.89. The van der Waals surface area contributed by atoms with Gasteiger partial charge in [0.25, 0.3) is 0 Å². The molecule has 0 aliphatic carbocycles. The van der Waals surface area contributed by atoms with Crippen molar-refractivity contribution < 1.29 is 8.81 Å². The van der Waals surface area contributed by atoms with Crippen LogP contribution in [-0.4, -0.2) is 0 Å². The van der Waals surface area contributed by atoms with Crippen LogP contribution in [0, 0.1) is 24.1 Å². The van der Waals surface area contributed by atoms with Gasteiger partial charge < -0.3 is 4.42 Å². The summed E-state index contributed by atoms with van der Waals surface area (Å²) in [5.41, 5.74) is 1.40. The smallest absolute Gasteiger partial charge is 0.240 e. The summed E-state index contributed by atoms with van der Waals surface area (Å²) >= 11 is 0. The Bertz CT molecular complexity index is 507. The van der Waals surface area contributed by atoms with Gasteiger partial charge in [-0.3, -0.25) is 0 Å². The highest BCUT2D eigenvalue weighted by Gasteiger charge is 2.12. The number of hydrogen-bond acceptors (Lipinski definition) is 2. The minimum absolute atomic E-state index is 0.249. The van der Waals surface area contributed by atoms with Gasteiger partial charge in [-0.25, -0.2) is 4.39 Å². The number of halogens is 1. The fourth-order valence-corrected chi connectivity index (χ4v) is 1.24. The topological polar surface area (TPSA) is 36.9 Å². The molecule has 0 N–H and O–H groups in total. The zero-order valence-electron chi connectivity index (χ0n) is 6.97. The Hall–Kier alpha value is -1.82. The lowest BCUT2D eigenvalue weighted by molar-refractivity contribution is 0.543. The normalized spacial score (nSPS) is 10.2. The molecule has 1 aromatic carbocycles. The first kappa shape index (κ1) is 7.81. The summed E-state index contributed by atoms with van der Waals surface area (Å²) in [4.78, 5) is 0. The van der Waals surface area contributed by atoms with Crippen molar-refractivity contribution in [3.63, 3.8) is 0 Å². The molecular formula is C10H6FNO. The molecule has 0 saturated heterocycles. The minimum Gasteiger partial charge on any atom is -0.442 e. The quantitative estimate of drug-likeness (QED) is 0.617. The Morgan fingerprint density at radius 1 is 1.46 bits per heavy atom. The van der Waals surface area contributed by atoms with Gasteiger partial charge in [-0.1, -0.05) is 6.07 Å². The molecule has 0 saturated carbocycles. The molecule has 1 heterocycles. The van der Waals surface area contributed by atoms with Crippen molar-refractivity contribution in [1.82, 2.24) is 0 Å². The first-order valence-electron chi connectivity index (χ1n) is 3.81. The van der Waals surface area contributed by atoms with Crippen LogP contribution in [0.4, 0.5) is 4.39 Å². The standard InChI is InChI=1S/C10H6FNO/c1-6-2-3-7-8(4-6)13-9(5-12)10(7)11/h2-4H,1H3. The Kier molecular flexibility index (Phi) is 1.56. The monoisotopic (exact) mass is 175 g/mol. The van der Waals surface area contributed by atoms with Crippen molar-refractivity contribution in [3.05, 3.63) is 35.3 Å². The fraction of sp³-hybridized carbons (Fsp3) is 0.100. The molecule has 2 aromatic rings. The number of furan rings is 1. The van der Waals surface area contributed by atoms with E-state index in [0.29, 0.717) is 11.0 Å². The van der Waals surface area contributed by atoms with E-state index in [1.165, 1.54) is 0 Å². The molecule has 3 heteroatoms. The minimum atomic E-state index is -0.572. The van der Waals surface area contributed by atoms with Crippen LogP contribution in [0.15, 0.2) is 22.6 Å². The molecule has 0 spiro atoms. The fourth-order valence-electron chi connectivity index (χ4n) is 1.24. The molecule has 0 aliphatic rings. The van der Waals surface area contributed by atoms with E-state index in [4.69, 9.17) is 9.68 Å². The van der Waals surface area contributed by atoms with E-state index in [0.717, 1.165) is 5.56 Å². The van der Waals surface area contributed by atoms with Crippen molar-refractivity contribution in [1.29, 1.82) is 5.26 Å². The molecule has 2 nitrogen and oxygen atoms in total. The van der Waals surface area contributed by atoms with Gasteiger partial charge in [0.15, 0.2) is 5.82 Å². The second kappa shape index (κ2) is 2.60. The number of nitrogens with zero attached hydrogens (tertiary/aromatic N) is 1. The SMILES string of the molecule is Cc1ccc2c(F)c(C#N)oc2c1. The number of hydrogen-bond donors (Lipinski definition) is 0. The average molecular weight is 175 g/mol. The summed E-state index contributed by atoms with van der Waals surface area (Å²) in [5, 5.41) is 8.87. The molecule has 1 aromatic heterocycles. The number of fused-ring (bicyclic) bond motifs is 1. The molecule has 0 amide bonds. The molecular weight excluding hydrogens is 169 g/mol. The lowest BCUT2D eigenvalue weighted by Gasteiger charge is -1.89. The summed E-state index contributed by atoms with van der Waals surface area (Å²) in [6, 6.07) is 6.77. The molecule has 0 atom stereocenters. The van der Waals surface area contributed by atoms with Crippen LogP contribution in [0.2, 0.25) is 0 Å². The molecule has 0 bridgehead atoms. The highest BCUT2D eigenvalue weighted by Crippen LogP contribution is 2.24. The summed E-state index contributed by atoms with van der Waals surface area (Å²) in [6.07, 6.45) is 0. The van der Waals surface area contributed by atoms with Crippen LogP contribution in [0.3, 0.4) is 0 Å². The molecule has 13 heavy (non-hydrogen) atoms. The Morgan fingerprint density at radius 2 is 2.23 bits per heavy atom. The molecule has 0 radical (unpaired) electrons. The zero-order chi connectivity index (χ0) is 9.42. The highest BCUT2D eigenvalue weighted by molar-refractivity contribution is 5.80. The van der Waals surface area contributed by atoms with Gasteiger partial charge in [-0.2, -0.15) is 5.26 Å².